The minimum Gasteiger partial charge on any atom is -0.479 e. The van der Waals surface area contributed by atoms with Gasteiger partial charge in [-0.3, -0.25) is 4.79 Å². The van der Waals surface area contributed by atoms with Crippen LogP contribution in [0.25, 0.3) is 11.1 Å². The number of hydrogen-bond acceptors (Lipinski definition) is 5. The first-order chi connectivity index (χ1) is 16.9. The summed E-state index contributed by atoms with van der Waals surface area (Å²) in [4.78, 5) is 38.7. The standard InChI is InChI=1S/C27H30N2O6/c1-34-27(25(31)32)11-6-12-29(16-27)24(30)17-13-18(14-17)28-26(33)35-15-23-21-9-4-2-7-19(21)20-8-3-5-10-22(20)23/h2-5,7-10,17-18,23H,6,11-16H2,1H3,(H,28,33)(H,31,32). The largest absolute Gasteiger partial charge is 0.479 e. The molecule has 1 saturated heterocycles. The number of carboxylic acids is 1. The van der Waals surface area contributed by atoms with Crippen LogP contribution >= 0.6 is 0 Å². The van der Waals surface area contributed by atoms with Gasteiger partial charge in [0.05, 0.1) is 6.54 Å². The fraction of sp³-hybridized carbons (Fsp3) is 0.444. The number of fused-ring (bicyclic) bond motifs is 3. The molecule has 0 spiro atoms. The summed E-state index contributed by atoms with van der Waals surface area (Å²) >= 11 is 0. The third-order valence-electron chi connectivity index (χ3n) is 7.70. The Morgan fingerprint density at radius 3 is 2.29 bits per heavy atom. The van der Waals surface area contributed by atoms with Gasteiger partial charge in [0.25, 0.3) is 0 Å². The SMILES string of the molecule is COC1(C(=O)O)CCCN(C(=O)C2CC(NC(=O)OCC3c4ccccc4-c4ccccc43)C2)C1. The van der Waals surface area contributed by atoms with Crippen molar-refractivity contribution in [3.63, 3.8) is 0 Å². The minimum atomic E-state index is -1.34. The number of benzene rings is 2. The van der Waals surface area contributed by atoms with Gasteiger partial charge in [0, 0.05) is 31.5 Å². The summed E-state index contributed by atoms with van der Waals surface area (Å²) in [5, 5.41) is 12.4. The highest BCUT2D eigenvalue weighted by atomic mass is 16.5. The molecule has 1 aliphatic heterocycles. The molecule has 2 amide bonds. The predicted molar refractivity (Wildman–Crippen MR) is 128 cm³/mol. The monoisotopic (exact) mass is 478 g/mol. The van der Waals surface area contributed by atoms with E-state index < -0.39 is 17.7 Å². The van der Waals surface area contributed by atoms with E-state index in [2.05, 4.69) is 29.6 Å². The zero-order valence-electron chi connectivity index (χ0n) is 19.7. The lowest BCUT2D eigenvalue weighted by Crippen LogP contribution is -2.58. The lowest BCUT2D eigenvalue weighted by atomic mass is 9.78. The number of aliphatic carboxylic acids is 1. The van der Waals surface area contributed by atoms with Crippen LogP contribution in [-0.2, 0) is 19.1 Å². The molecule has 1 atom stereocenters. The molecular weight excluding hydrogens is 448 g/mol. The highest BCUT2D eigenvalue weighted by molar-refractivity contribution is 5.83. The number of ether oxygens (including phenoxy) is 2. The van der Waals surface area contributed by atoms with Crippen molar-refractivity contribution in [2.24, 2.45) is 5.92 Å². The van der Waals surface area contributed by atoms with Gasteiger partial charge in [-0.1, -0.05) is 48.5 Å². The van der Waals surface area contributed by atoms with E-state index in [0.717, 1.165) is 11.1 Å². The third-order valence-corrected chi connectivity index (χ3v) is 7.70. The van der Waals surface area contributed by atoms with Gasteiger partial charge >= 0.3 is 12.1 Å². The molecule has 8 nitrogen and oxygen atoms in total. The van der Waals surface area contributed by atoms with Crippen LogP contribution in [0.4, 0.5) is 4.79 Å². The Labute approximate surface area is 204 Å². The van der Waals surface area contributed by atoms with Crippen LogP contribution in [0.5, 0.6) is 0 Å². The van der Waals surface area contributed by atoms with Crippen LogP contribution in [-0.4, -0.2) is 66.4 Å². The average molecular weight is 479 g/mol. The highest BCUT2D eigenvalue weighted by Crippen LogP contribution is 2.44. The summed E-state index contributed by atoms with van der Waals surface area (Å²) in [6, 6.07) is 16.2. The van der Waals surface area contributed by atoms with E-state index in [-0.39, 0.29) is 36.9 Å². The van der Waals surface area contributed by atoms with Crippen molar-refractivity contribution in [3.8, 4) is 11.1 Å². The molecule has 2 fully saturated rings. The summed E-state index contributed by atoms with van der Waals surface area (Å²) in [5.74, 6) is -1.34. The highest BCUT2D eigenvalue weighted by Gasteiger charge is 2.46. The van der Waals surface area contributed by atoms with Crippen LogP contribution in [0.2, 0.25) is 0 Å². The van der Waals surface area contributed by atoms with Crippen LogP contribution in [0.3, 0.4) is 0 Å². The zero-order valence-corrected chi connectivity index (χ0v) is 19.7. The van der Waals surface area contributed by atoms with Gasteiger partial charge in [-0.25, -0.2) is 9.59 Å². The molecule has 0 aromatic heterocycles. The topological polar surface area (TPSA) is 105 Å². The summed E-state index contributed by atoms with van der Waals surface area (Å²) in [6.07, 6.45) is 1.53. The Hall–Kier alpha value is -3.39. The summed E-state index contributed by atoms with van der Waals surface area (Å²) in [7, 11) is 1.37. The Morgan fingerprint density at radius 2 is 1.69 bits per heavy atom. The van der Waals surface area contributed by atoms with E-state index >= 15 is 0 Å². The Kier molecular flexibility index (Phi) is 6.23. The predicted octanol–water partition coefficient (Wildman–Crippen LogP) is 3.40. The lowest BCUT2D eigenvalue weighted by molar-refractivity contribution is -0.172. The van der Waals surface area contributed by atoms with E-state index in [1.807, 2.05) is 24.3 Å². The second kappa shape index (κ2) is 9.34. The number of carboxylic acid groups (broad SMARTS) is 1. The van der Waals surface area contributed by atoms with Gasteiger partial charge in [0.1, 0.15) is 6.61 Å². The van der Waals surface area contributed by atoms with Crippen molar-refractivity contribution in [2.75, 3.05) is 26.8 Å². The Balaban J connectivity index is 1.12. The first-order valence-electron chi connectivity index (χ1n) is 12.1. The van der Waals surface area contributed by atoms with Crippen molar-refractivity contribution >= 4 is 18.0 Å². The summed E-state index contributed by atoms with van der Waals surface area (Å²) < 4.78 is 10.9. The number of nitrogens with zero attached hydrogens (tertiary/aromatic N) is 1. The molecule has 1 unspecified atom stereocenters. The summed E-state index contributed by atoms with van der Waals surface area (Å²) in [5.41, 5.74) is 3.33. The van der Waals surface area contributed by atoms with E-state index in [4.69, 9.17) is 9.47 Å². The fourth-order valence-corrected chi connectivity index (χ4v) is 5.64. The summed E-state index contributed by atoms with van der Waals surface area (Å²) in [6.45, 7) is 0.827. The maximum absolute atomic E-state index is 12.9. The first kappa shape index (κ1) is 23.4. The molecule has 35 heavy (non-hydrogen) atoms. The molecule has 5 rings (SSSR count). The van der Waals surface area contributed by atoms with Crippen LogP contribution in [0.15, 0.2) is 48.5 Å². The van der Waals surface area contributed by atoms with Gasteiger partial charge in [-0.05, 0) is 47.9 Å². The normalized spacial score (nSPS) is 25.2. The Morgan fingerprint density at radius 1 is 1.06 bits per heavy atom. The maximum atomic E-state index is 12.9. The van der Waals surface area contributed by atoms with Gasteiger partial charge < -0.3 is 24.8 Å². The van der Waals surface area contributed by atoms with Crippen molar-refractivity contribution in [2.45, 2.75) is 43.2 Å². The number of hydrogen-bond donors (Lipinski definition) is 2. The molecule has 2 aliphatic carbocycles. The number of likely N-dealkylation sites (tertiary alicyclic amines) is 1. The molecule has 0 bridgehead atoms. The molecule has 0 radical (unpaired) electrons. The Bertz CT molecular complexity index is 1100. The van der Waals surface area contributed by atoms with Crippen LogP contribution < -0.4 is 5.32 Å². The van der Waals surface area contributed by atoms with Crippen molar-refractivity contribution in [1.29, 1.82) is 0 Å². The number of piperidine rings is 1. The molecular formula is C27H30N2O6. The number of alkyl carbamates (subject to hydrolysis) is 1. The molecule has 2 aromatic rings. The van der Waals surface area contributed by atoms with E-state index in [1.54, 1.807) is 4.90 Å². The minimum absolute atomic E-state index is 0.00162. The second-order valence-electron chi connectivity index (χ2n) is 9.70. The van der Waals surface area contributed by atoms with E-state index in [0.29, 0.717) is 32.2 Å². The first-order valence-corrected chi connectivity index (χ1v) is 12.1. The van der Waals surface area contributed by atoms with Crippen molar-refractivity contribution in [1.82, 2.24) is 10.2 Å². The molecule has 1 saturated carbocycles. The quantitative estimate of drug-likeness (QED) is 0.659. The number of methoxy groups -OCH3 is 1. The maximum Gasteiger partial charge on any atom is 0.407 e. The second-order valence-corrected chi connectivity index (χ2v) is 9.70. The van der Waals surface area contributed by atoms with Gasteiger partial charge in [0.2, 0.25) is 5.91 Å². The average Bonchev–Trinajstić information content (AvgIpc) is 3.18. The van der Waals surface area contributed by atoms with E-state index in [9.17, 15) is 19.5 Å². The van der Waals surface area contributed by atoms with Crippen LogP contribution in [0.1, 0.15) is 42.7 Å². The number of amides is 2. The number of carbonyl (C=O) groups excluding carboxylic acids is 2. The molecule has 1 heterocycles. The van der Waals surface area contributed by atoms with Crippen molar-refractivity contribution < 1.29 is 29.0 Å². The van der Waals surface area contributed by atoms with Crippen LogP contribution in [0, 0.1) is 5.92 Å². The van der Waals surface area contributed by atoms with Gasteiger partial charge in [-0.2, -0.15) is 0 Å². The number of nitrogens with one attached hydrogen (secondary N) is 1. The van der Waals surface area contributed by atoms with Gasteiger partial charge in [0.15, 0.2) is 5.60 Å². The zero-order chi connectivity index (χ0) is 24.6. The lowest BCUT2D eigenvalue weighted by Gasteiger charge is -2.43. The fourth-order valence-electron chi connectivity index (χ4n) is 5.64. The van der Waals surface area contributed by atoms with Crippen molar-refractivity contribution in [3.05, 3.63) is 59.7 Å². The smallest absolute Gasteiger partial charge is 0.407 e. The molecule has 184 valence electrons. The molecule has 2 aromatic carbocycles. The third kappa shape index (κ3) is 4.27. The molecule has 8 heteroatoms. The molecule has 3 aliphatic rings. The number of rotatable bonds is 6. The van der Waals surface area contributed by atoms with E-state index in [1.165, 1.54) is 18.2 Å². The van der Waals surface area contributed by atoms with Gasteiger partial charge in [-0.15, -0.1) is 0 Å². The number of carbonyl (C=O) groups is 3. The molecule has 2 N–H and O–H groups in total.